The van der Waals surface area contributed by atoms with E-state index in [4.69, 9.17) is 5.73 Å². The molecule has 0 bridgehead atoms. The maximum Gasteiger partial charge on any atom is 0.274 e. The Labute approximate surface area is 108 Å². The molecule has 0 aliphatic carbocycles. The van der Waals surface area contributed by atoms with E-state index in [2.05, 4.69) is 10.3 Å². The summed E-state index contributed by atoms with van der Waals surface area (Å²) in [7, 11) is 0. The number of aromatic amines is 1. The molecule has 0 saturated carbocycles. The second-order valence-electron chi connectivity index (χ2n) is 3.82. The van der Waals surface area contributed by atoms with Crippen LogP contribution in [0.3, 0.4) is 0 Å². The highest BCUT2D eigenvalue weighted by Crippen LogP contribution is 2.10. The van der Waals surface area contributed by atoms with E-state index in [-0.39, 0.29) is 22.6 Å². The van der Waals surface area contributed by atoms with Crippen molar-refractivity contribution in [3.05, 3.63) is 53.3 Å². The summed E-state index contributed by atoms with van der Waals surface area (Å²) in [5, 5.41) is 2.19. The Hall–Kier alpha value is -2.89. The van der Waals surface area contributed by atoms with Gasteiger partial charge >= 0.3 is 0 Å². The third-order valence-electron chi connectivity index (χ3n) is 2.51. The van der Waals surface area contributed by atoms with E-state index in [0.717, 1.165) is 0 Å². The molecule has 0 spiro atoms. The zero-order valence-corrected chi connectivity index (χ0v) is 9.84. The first-order valence-electron chi connectivity index (χ1n) is 5.46. The fraction of sp³-hybridized carbons (Fsp3) is 0. The van der Waals surface area contributed by atoms with E-state index in [0.29, 0.717) is 6.29 Å². The van der Waals surface area contributed by atoms with Crippen molar-refractivity contribution in [3.8, 4) is 0 Å². The Kier molecular flexibility index (Phi) is 3.42. The number of aromatic nitrogens is 1. The lowest BCUT2D eigenvalue weighted by molar-refractivity contribution is 0.0847. The number of aldehydes is 1. The van der Waals surface area contributed by atoms with Crippen LogP contribution in [0, 0.1) is 0 Å². The maximum atomic E-state index is 11.8. The number of H-pyrrole nitrogens is 1. The van der Waals surface area contributed by atoms with Crippen molar-refractivity contribution in [1.82, 2.24) is 10.3 Å². The van der Waals surface area contributed by atoms with Crippen LogP contribution in [0.4, 0.5) is 5.69 Å². The number of carbonyl (C=O) groups excluding carboxylic acids is 3. The average Bonchev–Trinajstić information content (AvgIpc) is 2.88. The van der Waals surface area contributed by atoms with Gasteiger partial charge in [-0.2, -0.15) is 0 Å². The maximum absolute atomic E-state index is 11.8. The van der Waals surface area contributed by atoms with E-state index < -0.39 is 11.8 Å². The van der Waals surface area contributed by atoms with Gasteiger partial charge in [-0.3, -0.25) is 19.7 Å². The first kappa shape index (κ1) is 12.6. The third kappa shape index (κ3) is 2.68. The number of anilines is 1. The number of nitrogens with two attached hydrogens (primary N) is 1. The summed E-state index contributed by atoms with van der Waals surface area (Å²) in [5.41, 5.74) is 6.53. The van der Waals surface area contributed by atoms with Crippen molar-refractivity contribution in [1.29, 1.82) is 0 Å². The lowest BCUT2D eigenvalue weighted by Gasteiger charge is -2.05. The Morgan fingerprint density at radius 2 is 1.84 bits per heavy atom. The molecule has 1 heterocycles. The van der Waals surface area contributed by atoms with Gasteiger partial charge in [0.05, 0.1) is 11.3 Å². The molecule has 0 radical (unpaired) electrons. The molecular weight excluding hydrogens is 246 g/mol. The molecule has 0 atom stereocenters. The molecule has 19 heavy (non-hydrogen) atoms. The van der Waals surface area contributed by atoms with Gasteiger partial charge in [-0.25, -0.2) is 0 Å². The number of nitrogens with one attached hydrogen (secondary N) is 2. The molecule has 2 rings (SSSR count). The number of amides is 2. The second-order valence-corrected chi connectivity index (χ2v) is 3.82. The minimum Gasteiger partial charge on any atom is -0.398 e. The fourth-order valence-corrected chi connectivity index (χ4v) is 1.55. The molecule has 1 aromatic heterocycles. The first-order chi connectivity index (χ1) is 9.11. The summed E-state index contributed by atoms with van der Waals surface area (Å²) in [6.07, 6.45) is 0.577. The van der Waals surface area contributed by atoms with Gasteiger partial charge < -0.3 is 10.7 Å². The zero-order chi connectivity index (χ0) is 13.8. The Morgan fingerprint density at radius 3 is 2.47 bits per heavy atom. The quantitative estimate of drug-likeness (QED) is 0.433. The number of imide groups is 1. The largest absolute Gasteiger partial charge is 0.398 e. The van der Waals surface area contributed by atoms with Crippen molar-refractivity contribution in [2.24, 2.45) is 0 Å². The Balaban J connectivity index is 2.13. The van der Waals surface area contributed by atoms with Gasteiger partial charge in [-0.05, 0) is 24.3 Å². The van der Waals surface area contributed by atoms with Gasteiger partial charge in [0.15, 0.2) is 6.29 Å². The predicted molar refractivity (Wildman–Crippen MR) is 68.8 cm³/mol. The highest BCUT2D eigenvalue weighted by molar-refractivity contribution is 6.11. The molecule has 0 aliphatic rings. The highest BCUT2D eigenvalue weighted by atomic mass is 16.2. The lowest BCUT2D eigenvalue weighted by atomic mass is 10.1. The third-order valence-corrected chi connectivity index (χ3v) is 2.51. The van der Waals surface area contributed by atoms with Crippen LogP contribution in [0.2, 0.25) is 0 Å². The number of nitrogen functional groups attached to an aromatic ring is 1. The average molecular weight is 257 g/mol. The van der Waals surface area contributed by atoms with Crippen LogP contribution in [0.15, 0.2) is 36.4 Å². The number of carbonyl (C=O) groups is 3. The molecule has 0 fully saturated rings. The minimum atomic E-state index is -0.624. The van der Waals surface area contributed by atoms with Gasteiger partial charge in [0.2, 0.25) is 0 Å². The van der Waals surface area contributed by atoms with Crippen LogP contribution in [-0.2, 0) is 0 Å². The Morgan fingerprint density at radius 1 is 1.11 bits per heavy atom. The normalized spacial score (nSPS) is 9.89. The predicted octanol–water partition coefficient (Wildman–Crippen LogP) is 0.980. The summed E-state index contributed by atoms with van der Waals surface area (Å²) in [4.78, 5) is 36.6. The number of hydrogen-bond donors (Lipinski definition) is 3. The van der Waals surface area contributed by atoms with Crippen molar-refractivity contribution in [2.45, 2.75) is 0 Å². The molecule has 2 aromatic rings. The van der Waals surface area contributed by atoms with E-state index >= 15 is 0 Å². The number of para-hydroxylation sites is 1. The monoisotopic (exact) mass is 257 g/mol. The summed E-state index contributed by atoms with van der Waals surface area (Å²) in [6, 6.07) is 9.29. The molecule has 0 saturated heterocycles. The SMILES string of the molecule is Nc1ccccc1C(=O)NC(=O)c1ccc(C=O)[nH]1. The Bertz CT molecular complexity index is 646. The van der Waals surface area contributed by atoms with Crippen molar-refractivity contribution < 1.29 is 14.4 Å². The molecule has 0 aliphatic heterocycles. The van der Waals surface area contributed by atoms with Crippen LogP contribution in [-0.4, -0.2) is 23.1 Å². The van der Waals surface area contributed by atoms with E-state index in [1.165, 1.54) is 18.2 Å². The van der Waals surface area contributed by atoms with Crippen LogP contribution in [0.25, 0.3) is 0 Å². The lowest BCUT2D eigenvalue weighted by Crippen LogP contribution is -2.31. The van der Waals surface area contributed by atoms with Crippen molar-refractivity contribution in [3.63, 3.8) is 0 Å². The van der Waals surface area contributed by atoms with Crippen LogP contribution in [0.1, 0.15) is 31.3 Å². The minimum absolute atomic E-state index is 0.130. The summed E-state index contributed by atoms with van der Waals surface area (Å²) in [5.74, 6) is -1.22. The smallest absolute Gasteiger partial charge is 0.274 e. The summed E-state index contributed by atoms with van der Waals surface area (Å²) >= 11 is 0. The zero-order valence-electron chi connectivity index (χ0n) is 9.84. The fourth-order valence-electron chi connectivity index (χ4n) is 1.55. The second kappa shape index (κ2) is 5.18. The van der Waals surface area contributed by atoms with Gasteiger partial charge in [0.1, 0.15) is 5.69 Å². The number of rotatable bonds is 3. The molecule has 6 nitrogen and oxygen atoms in total. The van der Waals surface area contributed by atoms with Crippen molar-refractivity contribution >= 4 is 23.8 Å². The molecule has 96 valence electrons. The number of benzene rings is 1. The van der Waals surface area contributed by atoms with E-state index in [1.54, 1.807) is 18.2 Å². The number of hydrogen-bond acceptors (Lipinski definition) is 4. The standard InChI is InChI=1S/C13H11N3O3/c14-10-4-2-1-3-9(10)12(18)16-13(19)11-6-5-8(7-17)15-11/h1-7,15H,14H2,(H,16,18,19). The first-order valence-corrected chi connectivity index (χ1v) is 5.46. The van der Waals surface area contributed by atoms with E-state index in [1.807, 2.05) is 0 Å². The van der Waals surface area contributed by atoms with Gasteiger partial charge in [-0.1, -0.05) is 12.1 Å². The van der Waals surface area contributed by atoms with Gasteiger partial charge in [-0.15, -0.1) is 0 Å². The molecular formula is C13H11N3O3. The molecule has 4 N–H and O–H groups in total. The molecule has 2 amide bonds. The van der Waals surface area contributed by atoms with Crippen LogP contribution < -0.4 is 11.1 Å². The topological polar surface area (TPSA) is 105 Å². The molecule has 1 aromatic carbocycles. The highest BCUT2D eigenvalue weighted by Gasteiger charge is 2.15. The van der Waals surface area contributed by atoms with E-state index in [9.17, 15) is 14.4 Å². The van der Waals surface area contributed by atoms with Crippen LogP contribution in [0.5, 0.6) is 0 Å². The molecule has 6 heteroatoms. The van der Waals surface area contributed by atoms with Gasteiger partial charge in [0, 0.05) is 5.69 Å². The summed E-state index contributed by atoms with van der Waals surface area (Å²) in [6.45, 7) is 0. The van der Waals surface area contributed by atoms with Gasteiger partial charge in [0.25, 0.3) is 11.8 Å². The van der Waals surface area contributed by atoms with Crippen LogP contribution >= 0.6 is 0 Å². The van der Waals surface area contributed by atoms with Crippen molar-refractivity contribution in [2.75, 3.05) is 5.73 Å². The molecule has 0 unspecified atom stereocenters. The summed E-state index contributed by atoms with van der Waals surface area (Å²) < 4.78 is 0.